The lowest BCUT2D eigenvalue weighted by atomic mass is 10.2. The SMILES string of the molecule is COC(=O)c1cc(-n2ncnc2C(C)NC(=O)OC(C)(C)C)ncn1. The highest BCUT2D eigenvalue weighted by molar-refractivity contribution is 5.87. The van der Waals surface area contributed by atoms with Crippen molar-refractivity contribution in [2.75, 3.05) is 7.11 Å². The first kappa shape index (κ1) is 18.3. The minimum Gasteiger partial charge on any atom is -0.464 e. The molecule has 0 radical (unpaired) electrons. The van der Waals surface area contributed by atoms with E-state index in [9.17, 15) is 9.59 Å². The van der Waals surface area contributed by atoms with E-state index in [0.29, 0.717) is 11.6 Å². The van der Waals surface area contributed by atoms with E-state index in [-0.39, 0.29) is 5.69 Å². The minimum absolute atomic E-state index is 0.0849. The average molecular weight is 348 g/mol. The zero-order valence-electron chi connectivity index (χ0n) is 14.7. The summed E-state index contributed by atoms with van der Waals surface area (Å²) in [6.07, 6.45) is 1.97. The van der Waals surface area contributed by atoms with E-state index in [1.807, 2.05) is 0 Å². The maximum absolute atomic E-state index is 11.9. The number of hydrogen-bond donors (Lipinski definition) is 1. The highest BCUT2D eigenvalue weighted by Crippen LogP contribution is 2.15. The van der Waals surface area contributed by atoms with Gasteiger partial charge in [0.25, 0.3) is 0 Å². The molecule has 0 saturated heterocycles. The molecule has 2 heterocycles. The van der Waals surface area contributed by atoms with E-state index in [0.717, 1.165) is 0 Å². The third-order valence-corrected chi connectivity index (χ3v) is 2.96. The number of hydrogen-bond acceptors (Lipinski definition) is 8. The highest BCUT2D eigenvalue weighted by Gasteiger charge is 2.22. The Bertz CT molecular complexity index is 767. The molecule has 1 N–H and O–H groups in total. The number of aromatic nitrogens is 5. The minimum atomic E-state index is -0.612. The summed E-state index contributed by atoms with van der Waals surface area (Å²) in [6, 6.07) is 0.915. The van der Waals surface area contributed by atoms with Crippen LogP contribution in [-0.4, -0.2) is 49.5 Å². The zero-order chi connectivity index (χ0) is 18.6. The van der Waals surface area contributed by atoms with Gasteiger partial charge in [0.1, 0.15) is 18.3 Å². The smallest absolute Gasteiger partial charge is 0.408 e. The Kier molecular flexibility index (Phi) is 5.30. The largest absolute Gasteiger partial charge is 0.464 e. The van der Waals surface area contributed by atoms with Crippen molar-refractivity contribution in [2.45, 2.75) is 39.3 Å². The molecule has 2 aromatic rings. The summed E-state index contributed by atoms with van der Waals surface area (Å²) in [5.41, 5.74) is -0.527. The van der Waals surface area contributed by atoms with Crippen LogP contribution in [0.2, 0.25) is 0 Å². The number of nitrogens with one attached hydrogen (secondary N) is 1. The van der Waals surface area contributed by atoms with Crippen LogP contribution in [0.25, 0.3) is 5.82 Å². The molecule has 0 aliphatic rings. The second-order valence-corrected chi connectivity index (χ2v) is 6.15. The molecule has 0 bridgehead atoms. The lowest BCUT2D eigenvalue weighted by Crippen LogP contribution is -2.35. The summed E-state index contributed by atoms with van der Waals surface area (Å²) < 4.78 is 11.3. The van der Waals surface area contributed by atoms with Crippen molar-refractivity contribution in [1.29, 1.82) is 0 Å². The van der Waals surface area contributed by atoms with Crippen molar-refractivity contribution in [3.8, 4) is 5.82 Å². The third kappa shape index (κ3) is 4.72. The Labute approximate surface area is 144 Å². The first-order valence-corrected chi connectivity index (χ1v) is 7.51. The normalized spacial score (nSPS) is 12.4. The third-order valence-electron chi connectivity index (χ3n) is 2.96. The van der Waals surface area contributed by atoms with Crippen molar-refractivity contribution in [1.82, 2.24) is 30.0 Å². The number of amides is 1. The predicted molar refractivity (Wildman–Crippen MR) is 86.1 cm³/mol. The summed E-state index contributed by atoms with van der Waals surface area (Å²) in [5.74, 6) is 0.145. The molecule has 0 saturated carbocycles. The van der Waals surface area contributed by atoms with Crippen molar-refractivity contribution < 1.29 is 19.1 Å². The molecule has 0 aromatic carbocycles. The summed E-state index contributed by atoms with van der Waals surface area (Å²) in [7, 11) is 1.26. The topological polar surface area (TPSA) is 121 Å². The molecule has 25 heavy (non-hydrogen) atoms. The number of alkyl carbamates (subject to hydrolysis) is 1. The second-order valence-electron chi connectivity index (χ2n) is 6.15. The van der Waals surface area contributed by atoms with E-state index < -0.39 is 23.7 Å². The zero-order valence-corrected chi connectivity index (χ0v) is 14.7. The van der Waals surface area contributed by atoms with Crippen LogP contribution in [0.1, 0.15) is 50.0 Å². The fourth-order valence-corrected chi connectivity index (χ4v) is 1.95. The monoisotopic (exact) mass is 348 g/mol. The Morgan fingerprint density at radius 3 is 2.56 bits per heavy atom. The van der Waals surface area contributed by atoms with Crippen LogP contribution < -0.4 is 5.32 Å². The van der Waals surface area contributed by atoms with Gasteiger partial charge in [0.15, 0.2) is 17.3 Å². The average Bonchev–Trinajstić information content (AvgIpc) is 3.02. The van der Waals surface area contributed by atoms with E-state index in [2.05, 4.69) is 30.1 Å². The summed E-state index contributed by atoms with van der Waals surface area (Å²) >= 11 is 0. The molecule has 10 heteroatoms. The Morgan fingerprint density at radius 2 is 1.92 bits per heavy atom. The Morgan fingerprint density at radius 1 is 1.20 bits per heavy atom. The fourth-order valence-electron chi connectivity index (χ4n) is 1.95. The standard InChI is InChI=1S/C15H20N6O4/c1-9(20-14(23)25-15(2,3)4)12-18-8-19-21(12)11-6-10(13(22)24-5)16-7-17-11/h6-9H,1-5H3,(H,20,23). The number of carbonyl (C=O) groups is 2. The number of ether oxygens (including phenoxy) is 2. The number of nitrogens with zero attached hydrogens (tertiary/aromatic N) is 5. The van der Waals surface area contributed by atoms with Crippen LogP contribution in [0.4, 0.5) is 4.79 Å². The molecule has 0 spiro atoms. The number of methoxy groups -OCH3 is 1. The maximum atomic E-state index is 11.9. The molecule has 2 rings (SSSR count). The van der Waals surface area contributed by atoms with Gasteiger partial charge in [-0.25, -0.2) is 24.5 Å². The van der Waals surface area contributed by atoms with E-state index in [1.54, 1.807) is 27.7 Å². The molecule has 1 amide bonds. The van der Waals surface area contributed by atoms with Gasteiger partial charge in [0.2, 0.25) is 0 Å². The first-order valence-electron chi connectivity index (χ1n) is 7.51. The molecule has 2 aromatic heterocycles. The molecule has 0 aliphatic heterocycles. The predicted octanol–water partition coefficient (Wildman–Crippen LogP) is 1.43. The Balaban J connectivity index is 2.23. The van der Waals surface area contributed by atoms with Gasteiger partial charge in [-0.05, 0) is 27.7 Å². The molecule has 1 atom stereocenters. The molecular weight excluding hydrogens is 328 g/mol. The quantitative estimate of drug-likeness (QED) is 0.824. The van der Waals surface area contributed by atoms with Gasteiger partial charge < -0.3 is 14.8 Å². The van der Waals surface area contributed by atoms with Crippen molar-refractivity contribution in [3.05, 3.63) is 30.2 Å². The number of esters is 1. The summed E-state index contributed by atoms with van der Waals surface area (Å²) in [6.45, 7) is 7.05. The summed E-state index contributed by atoms with van der Waals surface area (Å²) in [4.78, 5) is 35.6. The van der Waals surface area contributed by atoms with Crippen LogP contribution in [-0.2, 0) is 9.47 Å². The molecule has 0 aliphatic carbocycles. The van der Waals surface area contributed by atoms with Gasteiger partial charge >= 0.3 is 12.1 Å². The first-order chi connectivity index (χ1) is 11.7. The second kappa shape index (κ2) is 7.24. The number of rotatable bonds is 4. The van der Waals surface area contributed by atoms with Crippen molar-refractivity contribution in [3.63, 3.8) is 0 Å². The van der Waals surface area contributed by atoms with Gasteiger partial charge in [-0.15, -0.1) is 0 Å². The van der Waals surface area contributed by atoms with Gasteiger partial charge in [-0.1, -0.05) is 0 Å². The van der Waals surface area contributed by atoms with E-state index in [1.165, 1.54) is 30.5 Å². The van der Waals surface area contributed by atoms with Crippen LogP contribution in [0.5, 0.6) is 0 Å². The number of carbonyl (C=O) groups excluding carboxylic acids is 2. The van der Waals surface area contributed by atoms with Gasteiger partial charge in [0, 0.05) is 6.07 Å². The summed E-state index contributed by atoms with van der Waals surface area (Å²) in [5, 5.41) is 6.76. The lowest BCUT2D eigenvalue weighted by molar-refractivity contribution is 0.0504. The molecule has 10 nitrogen and oxygen atoms in total. The maximum Gasteiger partial charge on any atom is 0.408 e. The Hall–Kier alpha value is -3.04. The van der Waals surface area contributed by atoms with Crippen LogP contribution in [0.3, 0.4) is 0 Å². The van der Waals surface area contributed by atoms with Gasteiger partial charge in [-0.2, -0.15) is 9.78 Å². The highest BCUT2D eigenvalue weighted by atomic mass is 16.6. The van der Waals surface area contributed by atoms with Crippen LogP contribution in [0.15, 0.2) is 18.7 Å². The van der Waals surface area contributed by atoms with E-state index in [4.69, 9.17) is 4.74 Å². The van der Waals surface area contributed by atoms with Crippen molar-refractivity contribution in [2.24, 2.45) is 0 Å². The van der Waals surface area contributed by atoms with Gasteiger partial charge in [-0.3, -0.25) is 0 Å². The van der Waals surface area contributed by atoms with E-state index >= 15 is 0 Å². The molecular formula is C15H20N6O4. The van der Waals surface area contributed by atoms with Crippen molar-refractivity contribution >= 4 is 12.1 Å². The molecule has 134 valence electrons. The van der Waals surface area contributed by atoms with Gasteiger partial charge in [0.05, 0.1) is 13.2 Å². The molecule has 1 unspecified atom stereocenters. The molecule has 0 fully saturated rings. The van der Waals surface area contributed by atoms with Crippen LogP contribution >= 0.6 is 0 Å². The fraction of sp³-hybridized carbons (Fsp3) is 0.467. The van der Waals surface area contributed by atoms with Crippen LogP contribution in [0, 0.1) is 0 Å². The lowest BCUT2D eigenvalue weighted by Gasteiger charge is -2.21.